The lowest BCUT2D eigenvalue weighted by atomic mass is 10.1. The molecule has 21 heavy (non-hydrogen) atoms. The Bertz CT molecular complexity index is 723. The molecule has 110 valence electrons. The Labute approximate surface area is 125 Å². The second kappa shape index (κ2) is 6.14. The van der Waals surface area contributed by atoms with Crippen molar-refractivity contribution in [2.24, 2.45) is 12.8 Å². The number of benzene rings is 1. The lowest BCUT2D eigenvalue weighted by molar-refractivity contribution is 0.665. The molecule has 0 aliphatic heterocycles. The summed E-state index contributed by atoms with van der Waals surface area (Å²) in [6, 6.07) is 8.61. The van der Waals surface area contributed by atoms with Gasteiger partial charge in [0.15, 0.2) is 0 Å². The topological polar surface area (TPSA) is 48.8 Å². The summed E-state index contributed by atoms with van der Waals surface area (Å²) in [4.78, 5) is 4.40. The van der Waals surface area contributed by atoms with Crippen molar-refractivity contribution in [3.8, 4) is 0 Å². The molecule has 0 radical (unpaired) electrons. The van der Waals surface area contributed by atoms with E-state index in [1.807, 2.05) is 19.4 Å². The van der Waals surface area contributed by atoms with E-state index in [-0.39, 0.29) is 0 Å². The largest absolute Gasteiger partial charge is 0.347 e. The highest BCUT2D eigenvalue weighted by atomic mass is 15.0. The Morgan fingerprint density at radius 1 is 1.19 bits per heavy atom. The molecule has 3 rings (SSSR count). The van der Waals surface area contributed by atoms with Crippen molar-refractivity contribution in [1.82, 2.24) is 14.1 Å². The molecule has 2 aromatic heterocycles. The molecule has 2 N–H and O–H groups in total. The van der Waals surface area contributed by atoms with Gasteiger partial charge in [-0.1, -0.05) is 18.2 Å². The summed E-state index contributed by atoms with van der Waals surface area (Å²) in [6.45, 7) is 1.70. The van der Waals surface area contributed by atoms with E-state index in [2.05, 4.69) is 44.6 Å². The van der Waals surface area contributed by atoms with Crippen molar-refractivity contribution in [1.29, 1.82) is 0 Å². The molecule has 0 aliphatic carbocycles. The molecule has 0 fully saturated rings. The molecule has 0 saturated carbocycles. The van der Waals surface area contributed by atoms with E-state index in [4.69, 9.17) is 5.73 Å². The van der Waals surface area contributed by atoms with Crippen LogP contribution in [0.1, 0.15) is 17.8 Å². The van der Waals surface area contributed by atoms with Gasteiger partial charge in [0.1, 0.15) is 5.82 Å². The first kappa shape index (κ1) is 13.9. The van der Waals surface area contributed by atoms with E-state index in [1.165, 1.54) is 16.5 Å². The molecule has 0 spiro atoms. The first-order valence-corrected chi connectivity index (χ1v) is 7.52. The molecule has 0 aliphatic rings. The van der Waals surface area contributed by atoms with Gasteiger partial charge in [-0.25, -0.2) is 4.98 Å². The number of nitrogens with zero attached hydrogens (tertiary/aromatic N) is 3. The number of rotatable bonds is 6. The average molecular weight is 282 g/mol. The molecule has 4 nitrogen and oxygen atoms in total. The highest BCUT2D eigenvalue weighted by molar-refractivity contribution is 5.84. The SMILES string of the molecule is Cn1ccnc1CCn1cc(CCCN)c2ccccc21. The van der Waals surface area contributed by atoms with Gasteiger partial charge in [0.25, 0.3) is 0 Å². The smallest absolute Gasteiger partial charge is 0.110 e. The number of aryl methyl sites for hydroxylation is 4. The molecular weight excluding hydrogens is 260 g/mol. The third-order valence-corrected chi connectivity index (χ3v) is 4.02. The van der Waals surface area contributed by atoms with Crippen molar-refractivity contribution in [3.05, 3.63) is 54.2 Å². The molecule has 0 bridgehead atoms. The fourth-order valence-electron chi connectivity index (χ4n) is 2.86. The molecule has 0 saturated heterocycles. The standard InChI is InChI=1S/C17H22N4/c1-20-12-10-19-17(20)8-11-21-13-14(5-4-9-18)15-6-2-3-7-16(15)21/h2-3,6-7,10,12-13H,4-5,8-9,11,18H2,1H3. The zero-order valence-electron chi connectivity index (χ0n) is 12.5. The van der Waals surface area contributed by atoms with Crippen LogP contribution in [0.2, 0.25) is 0 Å². The van der Waals surface area contributed by atoms with Crippen molar-refractivity contribution in [2.45, 2.75) is 25.8 Å². The maximum atomic E-state index is 5.65. The zero-order chi connectivity index (χ0) is 14.7. The summed E-state index contributed by atoms with van der Waals surface area (Å²) >= 11 is 0. The van der Waals surface area contributed by atoms with Crippen LogP contribution in [-0.2, 0) is 26.4 Å². The number of nitrogens with two attached hydrogens (primary N) is 1. The number of aromatic nitrogens is 3. The number of fused-ring (bicyclic) bond motifs is 1. The van der Waals surface area contributed by atoms with E-state index >= 15 is 0 Å². The third kappa shape index (κ3) is 2.85. The van der Waals surface area contributed by atoms with Gasteiger partial charge >= 0.3 is 0 Å². The summed E-state index contributed by atoms with van der Waals surface area (Å²) in [6.07, 6.45) is 9.16. The molecule has 1 aromatic carbocycles. The van der Waals surface area contributed by atoms with Crippen LogP contribution in [0.4, 0.5) is 0 Å². The first-order valence-electron chi connectivity index (χ1n) is 7.52. The van der Waals surface area contributed by atoms with Crippen molar-refractivity contribution < 1.29 is 0 Å². The van der Waals surface area contributed by atoms with Crippen molar-refractivity contribution in [3.63, 3.8) is 0 Å². The Hall–Kier alpha value is -2.07. The van der Waals surface area contributed by atoms with E-state index in [1.54, 1.807) is 0 Å². The van der Waals surface area contributed by atoms with E-state index in [0.29, 0.717) is 0 Å². The van der Waals surface area contributed by atoms with Crippen molar-refractivity contribution >= 4 is 10.9 Å². The van der Waals surface area contributed by atoms with Crippen LogP contribution in [0.5, 0.6) is 0 Å². The quantitative estimate of drug-likeness (QED) is 0.755. The minimum Gasteiger partial charge on any atom is -0.347 e. The molecule has 4 heteroatoms. The second-order valence-corrected chi connectivity index (χ2v) is 5.46. The van der Waals surface area contributed by atoms with Gasteiger partial charge in [-0.2, -0.15) is 0 Å². The number of imidazole rings is 1. The highest BCUT2D eigenvalue weighted by Gasteiger charge is 2.08. The molecule has 0 amide bonds. The maximum Gasteiger partial charge on any atom is 0.110 e. The second-order valence-electron chi connectivity index (χ2n) is 5.46. The van der Waals surface area contributed by atoms with Crippen LogP contribution < -0.4 is 5.73 Å². The average Bonchev–Trinajstić information content (AvgIpc) is 3.07. The Kier molecular flexibility index (Phi) is 4.06. The van der Waals surface area contributed by atoms with Crippen LogP contribution in [0.3, 0.4) is 0 Å². The Morgan fingerprint density at radius 3 is 2.81 bits per heavy atom. The minimum atomic E-state index is 0.743. The van der Waals surface area contributed by atoms with Crippen LogP contribution in [0.15, 0.2) is 42.9 Å². The molecule has 2 heterocycles. The summed E-state index contributed by atoms with van der Waals surface area (Å²) in [5, 5.41) is 1.35. The Balaban J connectivity index is 1.86. The maximum absolute atomic E-state index is 5.65. The van der Waals surface area contributed by atoms with E-state index in [9.17, 15) is 0 Å². The molecular formula is C17H22N4. The van der Waals surface area contributed by atoms with Gasteiger partial charge < -0.3 is 14.9 Å². The summed E-state index contributed by atoms with van der Waals surface area (Å²) in [5.74, 6) is 1.12. The van der Waals surface area contributed by atoms with Gasteiger partial charge in [-0.05, 0) is 31.0 Å². The van der Waals surface area contributed by atoms with Gasteiger partial charge in [0.05, 0.1) is 0 Å². The number of para-hydroxylation sites is 1. The van der Waals surface area contributed by atoms with Crippen molar-refractivity contribution in [2.75, 3.05) is 6.54 Å². The van der Waals surface area contributed by atoms with Gasteiger partial charge in [-0.3, -0.25) is 0 Å². The monoisotopic (exact) mass is 282 g/mol. The normalized spacial score (nSPS) is 11.3. The summed E-state index contributed by atoms with van der Waals surface area (Å²) in [5.41, 5.74) is 8.35. The van der Waals surface area contributed by atoms with Gasteiger partial charge in [0.2, 0.25) is 0 Å². The van der Waals surface area contributed by atoms with Crippen LogP contribution in [0, 0.1) is 0 Å². The predicted octanol–water partition coefficient (Wildman–Crippen LogP) is 2.51. The molecule has 0 atom stereocenters. The lowest BCUT2D eigenvalue weighted by Crippen LogP contribution is -2.04. The van der Waals surface area contributed by atoms with E-state index in [0.717, 1.165) is 38.2 Å². The summed E-state index contributed by atoms with van der Waals surface area (Å²) in [7, 11) is 2.04. The van der Waals surface area contributed by atoms with Crippen LogP contribution >= 0.6 is 0 Å². The lowest BCUT2D eigenvalue weighted by Gasteiger charge is -2.05. The zero-order valence-corrected chi connectivity index (χ0v) is 12.5. The van der Waals surface area contributed by atoms with Gasteiger partial charge in [-0.15, -0.1) is 0 Å². The van der Waals surface area contributed by atoms with Crippen LogP contribution in [-0.4, -0.2) is 20.7 Å². The fraction of sp³-hybridized carbons (Fsp3) is 0.353. The Morgan fingerprint density at radius 2 is 2.05 bits per heavy atom. The first-order chi connectivity index (χ1) is 10.3. The van der Waals surface area contributed by atoms with Crippen LogP contribution in [0.25, 0.3) is 10.9 Å². The molecule has 3 aromatic rings. The minimum absolute atomic E-state index is 0.743. The predicted molar refractivity (Wildman–Crippen MR) is 86.2 cm³/mol. The highest BCUT2D eigenvalue weighted by Crippen LogP contribution is 2.22. The molecule has 0 unspecified atom stereocenters. The summed E-state index contributed by atoms with van der Waals surface area (Å²) < 4.78 is 4.43. The number of hydrogen-bond acceptors (Lipinski definition) is 2. The van der Waals surface area contributed by atoms with Gasteiger partial charge in [0, 0.05) is 49.5 Å². The fourth-order valence-corrected chi connectivity index (χ4v) is 2.86. The third-order valence-electron chi connectivity index (χ3n) is 4.02. The van der Waals surface area contributed by atoms with E-state index < -0.39 is 0 Å². The number of hydrogen-bond donors (Lipinski definition) is 1.